The number of hydrogen-bond donors (Lipinski definition) is 0. The third kappa shape index (κ3) is 2.55. The van der Waals surface area contributed by atoms with Gasteiger partial charge in [-0.15, -0.1) is 0 Å². The van der Waals surface area contributed by atoms with Crippen molar-refractivity contribution in [2.45, 2.75) is 47.6 Å². The summed E-state index contributed by atoms with van der Waals surface area (Å²) in [4.78, 5) is 16.7. The van der Waals surface area contributed by atoms with E-state index in [-0.39, 0.29) is 5.56 Å². The standard InChI is InChI=1S/C16H22N2O/c1-10(2)8-9-18-15(19)7-6-14-12(4)11(3)13(5)17-16(14)18/h6-7,10H,8-9H2,1-5H3. The van der Waals surface area contributed by atoms with Crippen molar-refractivity contribution in [3.05, 3.63) is 39.3 Å². The lowest BCUT2D eigenvalue weighted by molar-refractivity contribution is 0.515. The molecular weight excluding hydrogens is 236 g/mol. The van der Waals surface area contributed by atoms with Gasteiger partial charge >= 0.3 is 0 Å². The van der Waals surface area contributed by atoms with E-state index in [1.54, 1.807) is 6.07 Å². The first kappa shape index (κ1) is 13.8. The number of rotatable bonds is 3. The Labute approximate surface area is 114 Å². The van der Waals surface area contributed by atoms with E-state index >= 15 is 0 Å². The maximum Gasteiger partial charge on any atom is 0.252 e. The molecule has 3 nitrogen and oxygen atoms in total. The van der Waals surface area contributed by atoms with E-state index < -0.39 is 0 Å². The largest absolute Gasteiger partial charge is 0.293 e. The van der Waals surface area contributed by atoms with Gasteiger partial charge < -0.3 is 0 Å². The molecule has 0 saturated carbocycles. The van der Waals surface area contributed by atoms with E-state index in [0.717, 1.165) is 29.7 Å². The summed E-state index contributed by atoms with van der Waals surface area (Å²) < 4.78 is 1.81. The lowest BCUT2D eigenvalue weighted by Gasteiger charge is -2.14. The van der Waals surface area contributed by atoms with Gasteiger partial charge in [0.1, 0.15) is 5.65 Å². The molecule has 0 N–H and O–H groups in total. The van der Waals surface area contributed by atoms with Crippen LogP contribution in [0.4, 0.5) is 0 Å². The van der Waals surface area contributed by atoms with Crippen LogP contribution in [0.15, 0.2) is 16.9 Å². The molecule has 0 aliphatic rings. The smallest absolute Gasteiger partial charge is 0.252 e. The number of pyridine rings is 2. The molecule has 19 heavy (non-hydrogen) atoms. The summed E-state index contributed by atoms with van der Waals surface area (Å²) in [5.41, 5.74) is 4.31. The van der Waals surface area contributed by atoms with Crippen molar-refractivity contribution in [1.29, 1.82) is 0 Å². The Kier molecular flexibility index (Phi) is 3.74. The highest BCUT2D eigenvalue weighted by Crippen LogP contribution is 2.21. The number of fused-ring (bicyclic) bond motifs is 1. The molecule has 0 saturated heterocycles. The van der Waals surface area contributed by atoms with Crippen molar-refractivity contribution in [3.63, 3.8) is 0 Å². The van der Waals surface area contributed by atoms with Gasteiger partial charge in [-0.2, -0.15) is 0 Å². The molecule has 2 aromatic heterocycles. The van der Waals surface area contributed by atoms with Crippen LogP contribution in [0.5, 0.6) is 0 Å². The van der Waals surface area contributed by atoms with E-state index in [0.29, 0.717) is 5.92 Å². The number of aromatic nitrogens is 2. The summed E-state index contributed by atoms with van der Waals surface area (Å²) in [6, 6.07) is 3.56. The molecule has 0 aliphatic heterocycles. The van der Waals surface area contributed by atoms with Gasteiger partial charge in [-0.3, -0.25) is 9.36 Å². The minimum Gasteiger partial charge on any atom is -0.293 e. The van der Waals surface area contributed by atoms with Gasteiger partial charge in [0.15, 0.2) is 0 Å². The molecule has 102 valence electrons. The van der Waals surface area contributed by atoms with E-state index in [9.17, 15) is 4.79 Å². The summed E-state index contributed by atoms with van der Waals surface area (Å²) in [7, 11) is 0. The van der Waals surface area contributed by atoms with Crippen molar-refractivity contribution in [2.24, 2.45) is 5.92 Å². The number of aryl methyl sites for hydroxylation is 3. The zero-order valence-corrected chi connectivity index (χ0v) is 12.4. The predicted molar refractivity (Wildman–Crippen MR) is 79.7 cm³/mol. The molecule has 0 unspecified atom stereocenters. The van der Waals surface area contributed by atoms with Crippen LogP contribution in [0.3, 0.4) is 0 Å². The first-order valence-corrected chi connectivity index (χ1v) is 6.89. The van der Waals surface area contributed by atoms with Crippen LogP contribution >= 0.6 is 0 Å². The fourth-order valence-electron chi connectivity index (χ4n) is 2.30. The second kappa shape index (κ2) is 5.16. The Bertz CT molecular complexity index is 668. The lowest BCUT2D eigenvalue weighted by Crippen LogP contribution is -2.21. The van der Waals surface area contributed by atoms with Crippen molar-refractivity contribution in [3.8, 4) is 0 Å². The Hall–Kier alpha value is -1.64. The van der Waals surface area contributed by atoms with Crippen LogP contribution in [0.1, 0.15) is 37.1 Å². The van der Waals surface area contributed by atoms with Gasteiger partial charge in [-0.25, -0.2) is 4.98 Å². The molecule has 0 amide bonds. The quantitative estimate of drug-likeness (QED) is 0.846. The van der Waals surface area contributed by atoms with Crippen LogP contribution in [-0.4, -0.2) is 9.55 Å². The van der Waals surface area contributed by atoms with Gasteiger partial charge in [0.25, 0.3) is 5.56 Å². The molecule has 0 spiro atoms. The Morgan fingerprint density at radius 2 is 1.84 bits per heavy atom. The number of nitrogens with zero attached hydrogens (tertiary/aromatic N) is 2. The van der Waals surface area contributed by atoms with Gasteiger partial charge in [0, 0.05) is 23.7 Å². The summed E-state index contributed by atoms with van der Waals surface area (Å²) >= 11 is 0. The average Bonchev–Trinajstić information content (AvgIpc) is 2.34. The zero-order chi connectivity index (χ0) is 14.2. The normalized spacial score (nSPS) is 11.5. The third-order valence-electron chi connectivity index (χ3n) is 3.87. The lowest BCUT2D eigenvalue weighted by atomic mass is 10.1. The van der Waals surface area contributed by atoms with Crippen LogP contribution in [-0.2, 0) is 6.54 Å². The molecule has 2 heterocycles. The summed E-state index contributed by atoms with van der Waals surface area (Å²) in [6.07, 6.45) is 0.993. The summed E-state index contributed by atoms with van der Waals surface area (Å²) in [6.45, 7) is 11.3. The van der Waals surface area contributed by atoms with Crippen LogP contribution in [0.25, 0.3) is 11.0 Å². The van der Waals surface area contributed by atoms with Crippen LogP contribution in [0, 0.1) is 26.7 Å². The van der Waals surface area contributed by atoms with Crippen LogP contribution < -0.4 is 5.56 Å². The topological polar surface area (TPSA) is 34.9 Å². The molecular formula is C16H22N2O. The molecule has 0 aliphatic carbocycles. The molecule has 2 aromatic rings. The fourth-order valence-corrected chi connectivity index (χ4v) is 2.30. The molecule has 0 fully saturated rings. The average molecular weight is 258 g/mol. The maximum atomic E-state index is 12.1. The minimum atomic E-state index is 0.0447. The molecule has 0 radical (unpaired) electrons. The Morgan fingerprint density at radius 3 is 2.47 bits per heavy atom. The van der Waals surface area contributed by atoms with Crippen molar-refractivity contribution >= 4 is 11.0 Å². The van der Waals surface area contributed by atoms with Gasteiger partial charge in [-0.05, 0) is 50.3 Å². The highest BCUT2D eigenvalue weighted by atomic mass is 16.1. The summed E-state index contributed by atoms with van der Waals surface area (Å²) in [5, 5.41) is 1.09. The molecule has 0 bridgehead atoms. The van der Waals surface area contributed by atoms with Crippen molar-refractivity contribution in [1.82, 2.24) is 9.55 Å². The predicted octanol–water partition coefficient (Wildman–Crippen LogP) is 3.37. The second-order valence-electron chi connectivity index (χ2n) is 5.69. The van der Waals surface area contributed by atoms with Crippen LogP contribution in [0.2, 0.25) is 0 Å². The number of hydrogen-bond acceptors (Lipinski definition) is 2. The fraction of sp³-hybridized carbons (Fsp3) is 0.500. The monoisotopic (exact) mass is 258 g/mol. The molecule has 0 aromatic carbocycles. The summed E-state index contributed by atoms with van der Waals surface area (Å²) in [5.74, 6) is 0.579. The van der Waals surface area contributed by atoms with E-state index in [1.807, 2.05) is 17.6 Å². The first-order chi connectivity index (χ1) is 8.91. The Balaban J connectivity index is 2.68. The van der Waals surface area contributed by atoms with Gasteiger partial charge in [0.05, 0.1) is 0 Å². The van der Waals surface area contributed by atoms with Gasteiger partial charge in [-0.1, -0.05) is 13.8 Å². The van der Waals surface area contributed by atoms with Crippen molar-refractivity contribution in [2.75, 3.05) is 0 Å². The first-order valence-electron chi connectivity index (χ1n) is 6.89. The highest BCUT2D eigenvalue weighted by molar-refractivity contribution is 5.80. The minimum absolute atomic E-state index is 0.0447. The Morgan fingerprint density at radius 1 is 1.16 bits per heavy atom. The molecule has 2 rings (SSSR count). The van der Waals surface area contributed by atoms with E-state index in [1.165, 1.54) is 11.1 Å². The van der Waals surface area contributed by atoms with E-state index in [4.69, 9.17) is 0 Å². The van der Waals surface area contributed by atoms with Crippen molar-refractivity contribution < 1.29 is 0 Å². The molecule has 3 heteroatoms. The zero-order valence-electron chi connectivity index (χ0n) is 12.4. The highest BCUT2D eigenvalue weighted by Gasteiger charge is 2.10. The molecule has 0 atom stereocenters. The maximum absolute atomic E-state index is 12.1. The second-order valence-corrected chi connectivity index (χ2v) is 5.69. The van der Waals surface area contributed by atoms with Gasteiger partial charge in [0.2, 0.25) is 0 Å². The third-order valence-corrected chi connectivity index (χ3v) is 3.87. The van der Waals surface area contributed by atoms with E-state index in [2.05, 4.69) is 32.7 Å². The SMILES string of the molecule is Cc1nc2c(ccc(=O)n2CCC(C)C)c(C)c1C.